The average molecular weight is 160 g/mol. The third kappa shape index (κ3) is 1.16. The molecule has 1 nitrogen and oxygen atoms in total. The second-order valence-electron chi connectivity index (χ2n) is 3.09. The molecular weight excluding hydrogens is 148 g/mol. The Hall–Kier alpha value is -1.08. The minimum atomic E-state index is 0.146. The largest absolute Gasteiger partial charge is 0.392 e. The van der Waals surface area contributed by atoms with E-state index < -0.39 is 0 Å². The first-order valence-electron chi connectivity index (χ1n) is 4.30. The van der Waals surface area contributed by atoms with E-state index in [2.05, 4.69) is 18.2 Å². The van der Waals surface area contributed by atoms with Crippen LogP contribution in [0.5, 0.6) is 0 Å². The maximum absolute atomic E-state index is 9.06. The van der Waals surface area contributed by atoms with E-state index in [1.807, 2.05) is 12.1 Å². The average Bonchev–Trinajstić information content (AvgIpc) is 2.17. The SMILES string of the molecule is OCc1cccc2c1C=CCC2. The summed E-state index contributed by atoms with van der Waals surface area (Å²) in [6, 6.07) is 6.13. The molecule has 0 bridgehead atoms. The highest BCUT2D eigenvalue weighted by Crippen LogP contribution is 2.22. The van der Waals surface area contributed by atoms with Crippen LogP contribution in [0, 0.1) is 0 Å². The van der Waals surface area contributed by atoms with Gasteiger partial charge < -0.3 is 5.11 Å². The van der Waals surface area contributed by atoms with Gasteiger partial charge in [0.2, 0.25) is 0 Å². The number of benzene rings is 1. The Balaban J connectivity index is 2.54. The summed E-state index contributed by atoms with van der Waals surface area (Å²) < 4.78 is 0. The van der Waals surface area contributed by atoms with Crippen LogP contribution in [-0.2, 0) is 13.0 Å². The van der Waals surface area contributed by atoms with Crippen LogP contribution in [0.3, 0.4) is 0 Å². The van der Waals surface area contributed by atoms with Gasteiger partial charge >= 0.3 is 0 Å². The molecule has 0 radical (unpaired) electrons. The normalized spacial score (nSPS) is 14.4. The monoisotopic (exact) mass is 160 g/mol. The fraction of sp³-hybridized carbons (Fsp3) is 0.273. The van der Waals surface area contributed by atoms with Crippen LogP contribution in [0.1, 0.15) is 23.1 Å². The maximum Gasteiger partial charge on any atom is 0.0687 e. The van der Waals surface area contributed by atoms with E-state index in [0.29, 0.717) is 0 Å². The van der Waals surface area contributed by atoms with Gasteiger partial charge in [0.05, 0.1) is 6.61 Å². The number of aryl methyl sites for hydroxylation is 1. The summed E-state index contributed by atoms with van der Waals surface area (Å²) in [5.74, 6) is 0. The van der Waals surface area contributed by atoms with Gasteiger partial charge in [-0.3, -0.25) is 0 Å². The molecule has 1 aliphatic carbocycles. The van der Waals surface area contributed by atoms with E-state index in [4.69, 9.17) is 5.11 Å². The summed E-state index contributed by atoms with van der Waals surface area (Å²) in [4.78, 5) is 0. The first-order chi connectivity index (χ1) is 5.92. The minimum Gasteiger partial charge on any atom is -0.392 e. The van der Waals surface area contributed by atoms with Gasteiger partial charge in [-0.15, -0.1) is 0 Å². The summed E-state index contributed by atoms with van der Waals surface area (Å²) in [7, 11) is 0. The molecule has 1 aromatic carbocycles. The molecule has 0 unspecified atom stereocenters. The van der Waals surface area contributed by atoms with Crippen LogP contribution in [0.2, 0.25) is 0 Å². The van der Waals surface area contributed by atoms with Crippen LogP contribution in [0.4, 0.5) is 0 Å². The van der Waals surface area contributed by atoms with E-state index in [0.717, 1.165) is 18.4 Å². The van der Waals surface area contributed by atoms with Gasteiger partial charge in [-0.1, -0.05) is 30.4 Å². The summed E-state index contributed by atoms with van der Waals surface area (Å²) in [5, 5.41) is 9.06. The Kier molecular flexibility index (Phi) is 1.96. The molecule has 62 valence electrons. The summed E-state index contributed by atoms with van der Waals surface area (Å²) >= 11 is 0. The predicted molar refractivity (Wildman–Crippen MR) is 49.7 cm³/mol. The Morgan fingerprint density at radius 3 is 3.08 bits per heavy atom. The smallest absolute Gasteiger partial charge is 0.0687 e. The number of allylic oxidation sites excluding steroid dienone is 1. The molecule has 1 heteroatoms. The molecule has 0 amide bonds. The van der Waals surface area contributed by atoms with Crippen molar-refractivity contribution >= 4 is 6.08 Å². The lowest BCUT2D eigenvalue weighted by Gasteiger charge is -2.12. The van der Waals surface area contributed by atoms with E-state index in [-0.39, 0.29) is 6.61 Å². The Bertz CT molecular complexity index is 313. The van der Waals surface area contributed by atoms with Gasteiger partial charge in [-0.05, 0) is 29.5 Å². The maximum atomic E-state index is 9.06. The lowest BCUT2D eigenvalue weighted by atomic mass is 9.94. The molecule has 1 aliphatic rings. The number of hydrogen-bond acceptors (Lipinski definition) is 1. The molecule has 2 rings (SSSR count). The van der Waals surface area contributed by atoms with Gasteiger partial charge in [0.25, 0.3) is 0 Å². The van der Waals surface area contributed by atoms with Crippen molar-refractivity contribution in [3.05, 3.63) is 41.0 Å². The molecule has 0 fully saturated rings. The van der Waals surface area contributed by atoms with Crippen molar-refractivity contribution in [3.8, 4) is 0 Å². The van der Waals surface area contributed by atoms with E-state index in [9.17, 15) is 0 Å². The fourth-order valence-corrected chi connectivity index (χ4v) is 1.68. The van der Waals surface area contributed by atoms with Gasteiger partial charge in [-0.25, -0.2) is 0 Å². The first kappa shape index (κ1) is 7.56. The Labute approximate surface area is 72.4 Å². The highest BCUT2D eigenvalue weighted by atomic mass is 16.3. The number of fused-ring (bicyclic) bond motifs is 1. The summed E-state index contributed by atoms with van der Waals surface area (Å²) in [5.41, 5.74) is 3.64. The number of hydrogen-bond donors (Lipinski definition) is 1. The zero-order valence-electron chi connectivity index (χ0n) is 6.96. The predicted octanol–water partition coefficient (Wildman–Crippen LogP) is 2.14. The van der Waals surface area contributed by atoms with Crippen LogP contribution in [0.25, 0.3) is 6.08 Å². The van der Waals surface area contributed by atoms with Gasteiger partial charge in [-0.2, -0.15) is 0 Å². The first-order valence-corrected chi connectivity index (χ1v) is 4.30. The quantitative estimate of drug-likeness (QED) is 0.667. The highest BCUT2D eigenvalue weighted by molar-refractivity contribution is 5.60. The lowest BCUT2D eigenvalue weighted by Crippen LogP contribution is -1.98. The topological polar surface area (TPSA) is 20.2 Å². The van der Waals surface area contributed by atoms with Crippen molar-refractivity contribution in [2.75, 3.05) is 0 Å². The van der Waals surface area contributed by atoms with E-state index in [1.165, 1.54) is 11.1 Å². The number of aliphatic hydroxyl groups excluding tert-OH is 1. The van der Waals surface area contributed by atoms with Crippen molar-refractivity contribution in [2.45, 2.75) is 19.4 Å². The third-order valence-corrected chi connectivity index (χ3v) is 2.32. The van der Waals surface area contributed by atoms with Crippen LogP contribution in [0.15, 0.2) is 24.3 Å². The second-order valence-corrected chi connectivity index (χ2v) is 3.09. The lowest BCUT2D eigenvalue weighted by molar-refractivity contribution is 0.281. The molecule has 12 heavy (non-hydrogen) atoms. The van der Waals surface area contributed by atoms with Gasteiger partial charge in [0.1, 0.15) is 0 Å². The van der Waals surface area contributed by atoms with Crippen molar-refractivity contribution < 1.29 is 5.11 Å². The molecule has 0 heterocycles. The second kappa shape index (κ2) is 3.11. The number of rotatable bonds is 1. The summed E-state index contributed by atoms with van der Waals surface area (Å²) in [6.07, 6.45) is 6.52. The van der Waals surface area contributed by atoms with Crippen molar-refractivity contribution in [2.24, 2.45) is 0 Å². The van der Waals surface area contributed by atoms with Crippen molar-refractivity contribution in [1.29, 1.82) is 0 Å². The molecule has 1 aromatic rings. The molecule has 0 atom stereocenters. The van der Waals surface area contributed by atoms with Gasteiger partial charge in [0.15, 0.2) is 0 Å². The summed E-state index contributed by atoms with van der Waals surface area (Å²) in [6.45, 7) is 0.146. The van der Waals surface area contributed by atoms with Crippen LogP contribution in [-0.4, -0.2) is 5.11 Å². The molecule has 1 N–H and O–H groups in total. The molecule has 0 saturated heterocycles. The van der Waals surface area contributed by atoms with Crippen LogP contribution >= 0.6 is 0 Å². The molecule has 0 saturated carbocycles. The Morgan fingerprint density at radius 1 is 1.33 bits per heavy atom. The molecular formula is C11H12O. The highest BCUT2D eigenvalue weighted by Gasteiger charge is 2.06. The number of aliphatic hydroxyl groups is 1. The van der Waals surface area contributed by atoms with E-state index in [1.54, 1.807) is 0 Å². The third-order valence-electron chi connectivity index (χ3n) is 2.32. The van der Waals surface area contributed by atoms with Gasteiger partial charge in [0, 0.05) is 0 Å². The standard InChI is InChI=1S/C11H12O/c12-8-10-6-3-5-9-4-1-2-7-11(9)10/h2-3,5-7,12H,1,4,8H2. The molecule has 0 aromatic heterocycles. The van der Waals surface area contributed by atoms with Crippen molar-refractivity contribution in [3.63, 3.8) is 0 Å². The molecule has 0 spiro atoms. The van der Waals surface area contributed by atoms with Crippen molar-refractivity contribution in [1.82, 2.24) is 0 Å². The zero-order valence-corrected chi connectivity index (χ0v) is 6.96. The Morgan fingerprint density at radius 2 is 2.25 bits per heavy atom. The molecule has 0 aliphatic heterocycles. The fourth-order valence-electron chi connectivity index (χ4n) is 1.68. The van der Waals surface area contributed by atoms with Crippen LogP contribution < -0.4 is 0 Å². The minimum absolute atomic E-state index is 0.146. The zero-order chi connectivity index (χ0) is 8.39. The van der Waals surface area contributed by atoms with E-state index >= 15 is 0 Å².